The van der Waals surface area contributed by atoms with Crippen molar-refractivity contribution in [2.75, 3.05) is 0 Å². The molecule has 0 aliphatic carbocycles. The second kappa shape index (κ2) is 4.80. The molecule has 0 fully saturated rings. The van der Waals surface area contributed by atoms with Crippen LogP contribution in [0.1, 0.15) is 5.56 Å². The van der Waals surface area contributed by atoms with Crippen LogP contribution >= 0.6 is 27.5 Å². The number of halogens is 2. The van der Waals surface area contributed by atoms with Crippen LogP contribution in [0.25, 0.3) is 0 Å². The zero-order valence-corrected chi connectivity index (χ0v) is 10.8. The summed E-state index contributed by atoms with van der Waals surface area (Å²) in [4.78, 5) is 7.74. The van der Waals surface area contributed by atoms with Gasteiger partial charge < -0.3 is 4.74 Å². The van der Waals surface area contributed by atoms with Crippen LogP contribution in [0.5, 0.6) is 11.6 Å². The Kier molecular flexibility index (Phi) is 3.41. The van der Waals surface area contributed by atoms with E-state index in [1.165, 1.54) is 6.33 Å². The van der Waals surface area contributed by atoms with E-state index in [1.807, 2.05) is 25.1 Å². The van der Waals surface area contributed by atoms with Gasteiger partial charge in [-0.3, -0.25) is 0 Å². The van der Waals surface area contributed by atoms with E-state index in [-0.39, 0.29) is 0 Å². The second-order valence-corrected chi connectivity index (χ2v) is 4.46. The van der Waals surface area contributed by atoms with Gasteiger partial charge in [-0.1, -0.05) is 17.7 Å². The number of aromatic nitrogens is 2. The van der Waals surface area contributed by atoms with Crippen molar-refractivity contribution in [3.8, 4) is 11.6 Å². The third kappa shape index (κ3) is 2.71. The predicted molar refractivity (Wildman–Crippen MR) is 66.0 cm³/mol. The van der Waals surface area contributed by atoms with Gasteiger partial charge in [0, 0.05) is 6.07 Å². The lowest BCUT2D eigenvalue weighted by Crippen LogP contribution is -1.90. The van der Waals surface area contributed by atoms with Crippen LogP contribution in [0.2, 0.25) is 5.15 Å². The molecule has 1 aromatic carbocycles. The molecule has 82 valence electrons. The fourth-order valence-electron chi connectivity index (χ4n) is 1.17. The van der Waals surface area contributed by atoms with E-state index >= 15 is 0 Å². The van der Waals surface area contributed by atoms with Crippen molar-refractivity contribution < 1.29 is 4.74 Å². The summed E-state index contributed by atoms with van der Waals surface area (Å²) in [5, 5.41) is 0.355. The normalized spacial score (nSPS) is 10.2. The topological polar surface area (TPSA) is 35.0 Å². The molecule has 0 radical (unpaired) electrons. The van der Waals surface area contributed by atoms with Crippen LogP contribution in [0.4, 0.5) is 0 Å². The first-order chi connectivity index (χ1) is 7.65. The van der Waals surface area contributed by atoms with Crippen molar-refractivity contribution in [3.05, 3.63) is 45.8 Å². The minimum atomic E-state index is 0.355. The molecule has 0 aliphatic rings. The van der Waals surface area contributed by atoms with Gasteiger partial charge in [-0.25, -0.2) is 9.97 Å². The minimum absolute atomic E-state index is 0.355. The minimum Gasteiger partial charge on any atom is -0.438 e. The molecule has 0 unspecified atom stereocenters. The fourth-order valence-corrected chi connectivity index (χ4v) is 1.89. The lowest BCUT2D eigenvalue weighted by Gasteiger charge is -2.07. The number of rotatable bonds is 2. The summed E-state index contributed by atoms with van der Waals surface area (Å²) in [6.45, 7) is 2.01. The first-order valence-corrected chi connectivity index (χ1v) is 5.74. The van der Waals surface area contributed by atoms with Crippen molar-refractivity contribution >= 4 is 27.5 Å². The van der Waals surface area contributed by atoms with E-state index in [1.54, 1.807) is 6.07 Å². The standard InChI is InChI=1S/C11H8BrClN2O/c1-7-2-3-9(8(12)4-7)16-11-5-10(13)14-6-15-11/h2-6H,1H3. The molecule has 0 N–H and O–H groups in total. The van der Waals surface area contributed by atoms with Crippen LogP contribution in [-0.4, -0.2) is 9.97 Å². The molecule has 1 heterocycles. The van der Waals surface area contributed by atoms with Gasteiger partial charge in [-0.05, 0) is 40.5 Å². The number of benzene rings is 1. The Morgan fingerprint density at radius 3 is 2.75 bits per heavy atom. The van der Waals surface area contributed by atoms with Gasteiger partial charge in [0.1, 0.15) is 17.2 Å². The first kappa shape index (κ1) is 11.4. The number of ether oxygens (including phenoxy) is 1. The highest BCUT2D eigenvalue weighted by molar-refractivity contribution is 9.10. The van der Waals surface area contributed by atoms with Gasteiger partial charge in [-0.15, -0.1) is 0 Å². The van der Waals surface area contributed by atoms with Crippen LogP contribution in [-0.2, 0) is 0 Å². The molecule has 0 amide bonds. The first-order valence-electron chi connectivity index (χ1n) is 4.57. The number of hydrogen-bond donors (Lipinski definition) is 0. The van der Waals surface area contributed by atoms with Gasteiger partial charge in [0.25, 0.3) is 0 Å². The molecular weight excluding hydrogens is 291 g/mol. The lowest BCUT2D eigenvalue weighted by molar-refractivity contribution is 0.458. The summed E-state index contributed by atoms with van der Waals surface area (Å²) >= 11 is 9.15. The van der Waals surface area contributed by atoms with Crippen molar-refractivity contribution in [1.29, 1.82) is 0 Å². The van der Waals surface area contributed by atoms with E-state index in [0.29, 0.717) is 16.8 Å². The second-order valence-electron chi connectivity index (χ2n) is 3.21. The molecule has 5 heteroatoms. The quantitative estimate of drug-likeness (QED) is 0.786. The van der Waals surface area contributed by atoms with E-state index in [4.69, 9.17) is 16.3 Å². The SMILES string of the molecule is Cc1ccc(Oc2cc(Cl)ncn2)c(Br)c1. The molecule has 2 aromatic rings. The summed E-state index contributed by atoms with van der Waals surface area (Å²) in [7, 11) is 0. The van der Waals surface area contributed by atoms with E-state index < -0.39 is 0 Å². The molecule has 0 bridgehead atoms. The van der Waals surface area contributed by atoms with E-state index in [9.17, 15) is 0 Å². The van der Waals surface area contributed by atoms with Gasteiger partial charge in [-0.2, -0.15) is 0 Å². The summed E-state index contributed by atoms with van der Waals surface area (Å²) < 4.78 is 6.44. The molecule has 0 saturated heterocycles. The van der Waals surface area contributed by atoms with E-state index in [2.05, 4.69) is 25.9 Å². The average molecular weight is 300 g/mol. The third-order valence-corrected chi connectivity index (χ3v) is 2.74. The zero-order valence-electron chi connectivity index (χ0n) is 8.45. The monoisotopic (exact) mass is 298 g/mol. The summed E-state index contributed by atoms with van der Waals surface area (Å²) in [5.74, 6) is 1.12. The largest absolute Gasteiger partial charge is 0.438 e. The highest BCUT2D eigenvalue weighted by Gasteiger charge is 2.04. The molecule has 0 aliphatic heterocycles. The average Bonchev–Trinajstić information content (AvgIpc) is 2.22. The fraction of sp³-hybridized carbons (Fsp3) is 0.0909. The summed E-state index contributed by atoms with van der Waals surface area (Å²) in [5.41, 5.74) is 1.15. The van der Waals surface area contributed by atoms with E-state index in [0.717, 1.165) is 10.0 Å². The van der Waals surface area contributed by atoms with Crippen LogP contribution in [0.3, 0.4) is 0 Å². The Morgan fingerprint density at radius 2 is 2.06 bits per heavy atom. The maximum atomic E-state index is 5.73. The molecule has 0 saturated carbocycles. The van der Waals surface area contributed by atoms with Crippen molar-refractivity contribution in [2.45, 2.75) is 6.92 Å². The lowest BCUT2D eigenvalue weighted by atomic mass is 10.2. The summed E-state index contributed by atoms with van der Waals surface area (Å²) in [6, 6.07) is 7.37. The Morgan fingerprint density at radius 1 is 1.25 bits per heavy atom. The van der Waals surface area contributed by atoms with Gasteiger partial charge >= 0.3 is 0 Å². The Hall–Kier alpha value is -1.13. The number of aryl methyl sites for hydroxylation is 1. The highest BCUT2D eigenvalue weighted by atomic mass is 79.9. The van der Waals surface area contributed by atoms with Crippen LogP contribution < -0.4 is 4.74 Å². The smallest absolute Gasteiger partial charge is 0.223 e. The van der Waals surface area contributed by atoms with Crippen molar-refractivity contribution in [2.24, 2.45) is 0 Å². The third-order valence-electron chi connectivity index (χ3n) is 1.91. The van der Waals surface area contributed by atoms with Crippen molar-refractivity contribution in [1.82, 2.24) is 9.97 Å². The molecule has 0 spiro atoms. The molecule has 0 atom stereocenters. The Labute approximate surface area is 107 Å². The number of hydrogen-bond acceptors (Lipinski definition) is 3. The predicted octanol–water partition coefficient (Wildman–Crippen LogP) is 3.99. The summed E-state index contributed by atoms with van der Waals surface area (Å²) in [6.07, 6.45) is 1.36. The Balaban J connectivity index is 2.27. The maximum absolute atomic E-state index is 5.73. The molecule has 2 rings (SSSR count). The molecular formula is C11H8BrClN2O. The highest BCUT2D eigenvalue weighted by Crippen LogP contribution is 2.29. The molecule has 1 aromatic heterocycles. The molecule has 16 heavy (non-hydrogen) atoms. The van der Waals surface area contributed by atoms with Crippen LogP contribution in [0, 0.1) is 6.92 Å². The number of nitrogens with zero attached hydrogens (tertiary/aromatic N) is 2. The maximum Gasteiger partial charge on any atom is 0.223 e. The van der Waals surface area contributed by atoms with Crippen LogP contribution in [0.15, 0.2) is 35.1 Å². The zero-order chi connectivity index (χ0) is 11.5. The van der Waals surface area contributed by atoms with Crippen molar-refractivity contribution in [3.63, 3.8) is 0 Å². The molecule has 3 nitrogen and oxygen atoms in total. The van der Waals surface area contributed by atoms with Gasteiger partial charge in [0.15, 0.2) is 0 Å². The van der Waals surface area contributed by atoms with Gasteiger partial charge in [0.2, 0.25) is 5.88 Å². The Bertz CT molecular complexity index is 519. The van der Waals surface area contributed by atoms with Gasteiger partial charge in [0.05, 0.1) is 4.47 Å².